The largest absolute Gasteiger partial charge is 0.496 e. The van der Waals surface area contributed by atoms with E-state index in [9.17, 15) is 9.18 Å². The van der Waals surface area contributed by atoms with Crippen LogP contribution < -0.4 is 14.2 Å². The van der Waals surface area contributed by atoms with E-state index < -0.39 is 11.6 Å². The Balaban J connectivity index is 2.39. The van der Waals surface area contributed by atoms with Crippen molar-refractivity contribution in [3.05, 3.63) is 59.4 Å². The summed E-state index contributed by atoms with van der Waals surface area (Å²) in [5.74, 6) is 0.535. The molecule has 0 atom stereocenters. The maximum absolute atomic E-state index is 13.6. The molecule has 2 aromatic rings. The van der Waals surface area contributed by atoms with Gasteiger partial charge in [0, 0.05) is 12.1 Å². The van der Waals surface area contributed by atoms with Crippen molar-refractivity contribution in [2.45, 2.75) is 0 Å². The van der Waals surface area contributed by atoms with Crippen molar-refractivity contribution in [2.75, 3.05) is 21.3 Å². The van der Waals surface area contributed by atoms with Gasteiger partial charge >= 0.3 is 0 Å². The molecule has 0 aliphatic rings. The van der Waals surface area contributed by atoms with Crippen molar-refractivity contribution >= 4 is 11.9 Å². The number of benzene rings is 2. The van der Waals surface area contributed by atoms with Gasteiger partial charge in [0.25, 0.3) is 0 Å². The average Bonchev–Trinajstić information content (AvgIpc) is 2.59. The van der Waals surface area contributed by atoms with Crippen LogP contribution in [0.1, 0.15) is 15.9 Å². The van der Waals surface area contributed by atoms with Crippen molar-refractivity contribution in [1.29, 1.82) is 0 Å². The number of carbonyl (C=O) groups excluding carboxylic acids is 1. The normalized spacial score (nSPS) is 10.6. The van der Waals surface area contributed by atoms with Crippen LogP contribution in [0.4, 0.5) is 4.39 Å². The van der Waals surface area contributed by atoms with Crippen molar-refractivity contribution in [2.24, 2.45) is 0 Å². The zero-order valence-corrected chi connectivity index (χ0v) is 13.1. The number of ketones is 1. The molecule has 5 heteroatoms. The fraction of sp³-hybridized carbons (Fsp3) is 0.167. The van der Waals surface area contributed by atoms with E-state index in [2.05, 4.69) is 0 Å². The predicted molar refractivity (Wildman–Crippen MR) is 85.9 cm³/mol. The van der Waals surface area contributed by atoms with Crippen molar-refractivity contribution in [1.82, 2.24) is 0 Å². The van der Waals surface area contributed by atoms with E-state index in [0.29, 0.717) is 22.8 Å². The molecular weight excluding hydrogens is 299 g/mol. The van der Waals surface area contributed by atoms with Crippen LogP contribution in [-0.4, -0.2) is 27.1 Å². The van der Waals surface area contributed by atoms with E-state index in [1.165, 1.54) is 51.7 Å². The van der Waals surface area contributed by atoms with Gasteiger partial charge in [-0.1, -0.05) is 12.1 Å². The number of hydrogen-bond acceptors (Lipinski definition) is 4. The highest BCUT2D eigenvalue weighted by Crippen LogP contribution is 2.35. The lowest BCUT2D eigenvalue weighted by molar-refractivity contribution is 0.104. The zero-order valence-electron chi connectivity index (χ0n) is 13.1. The van der Waals surface area contributed by atoms with Gasteiger partial charge in [-0.25, -0.2) is 4.39 Å². The van der Waals surface area contributed by atoms with E-state index in [0.717, 1.165) is 0 Å². The summed E-state index contributed by atoms with van der Waals surface area (Å²) < 4.78 is 29.4. The third-order valence-electron chi connectivity index (χ3n) is 3.29. The molecule has 2 aromatic carbocycles. The Hall–Kier alpha value is -2.82. The summed E-state index contributed by atoms with van der Waals surface area (Å²) in [7, 11) is 4.54. The summed E-state index contributed by atoms with van der Waals surface area (Å²) in [5, 5.41) is 0. The summed E-state index contributed by atoms with van der Waals surface area (Å²) in [4.78, 5) is 12.1. The maximum atomic E-state index is 13.6. The number of allylic oxidation sites excluding steroid dienone is 1. The molecule has 0 amide bonds. The topological polar surface area (TPSA) is 44.8 Å². The molecule has 0 unspecified atom stereocenters. The zero-order chi connectivity index (χ0) is 16.8. The molecule has 0 spiro atoms. The maximum Gasteiger partial charge on any atom is 0.188 e. The van der Waals surface area contributed by atoms with Crippen LogP contribution in [0, 0.1) is 5.82 Å². The van der Waals surface area contributed by atoms with Crippen LogP contribution in [0.3, 0.4) is 0 Å². The quantitative estimate of drug-likeness (QED) is 0.601. The molecule has 0 heterocycles. The Morgan fingerprint density at radius 1 is 1.00 bits per heavy atom. The van der Waals surface area contributed by atoms with Crippen LogP contribution in [0.2, 0.25) is 0 Å². The first-order valence-corrected chi connectivity index (χ1v) is 6.87. The molecule has 2 rings (SSSR count). The Morgan fingerprint density at radius 3 is 2.13 bits per heavy atom. The van der Waals surface area contributed by atoms with Crippen LogP contribution >= 0.6 is 0 Å². The Bertz CT molecular complexity index is 713. The molecule has 0 fully saturated rings. The second-order valence-electron chi connectivity index (χ2n) is 4.62. The molecule has 0 bridgehead atoms. The molecule has 23 heavy (non-hydrogen) atoms. The number of rotatable bonds is 6. The van der Waals surface area contributed by atoms with Gasteiger partial charge in [0.05, 0.1) is 32.5 Å². The third-order valence-corrected chi connectivity index (χ3v) is 3.29. The van der Waals surface area contributed by atoms with E-state index in [4.69, 9.17) is 14.2 Å². The van der Waals surface area contributed by atoms with Gasteiger partial charge in [0.1, 0.15) is 23.1 Å². The van der Waals surface area contributed by atoms with Gasteiger partial charge in [0.2, 0.25) is 0 Å². The average molecular weight is 316 g/mol. The van der Waals surface area contributed by atoms with Crippen molar-refractivity contribution < 1.29 is 23.4 Å². The minimum atomic E-state index is -0.559. The van der Waals surface area contributed by atoms with Gasteiger partial charge < -0.3 is 14.2 Å². The number of halogens is 1. The van der Waals surface area contributed by atoms with E-state index in [1.54, 1.807) is 18.2 Å². The highest BCUT2D eigenvalue weighted by molar-refractivity contribution is 6.07. The van der Waals surface area contributed by atoms with Gasteiger partial charge in [0.15, 0.2) is 5.78 Å². The Kier molecular flexibility index (Phi) is 5.36. The van der Waals surface area contributed by atoms with E-state index >= 15 is 0 Å². The van der Waals surface area contributed by atoms with Gasteiger partial charge in [-0.3, -0.25) is 4.79 Å². The Morgan fingerprint density at radius 2 is 1.61 bits per heavy atom. The number of ether oxygens (including phenoxy) is 3. The summed E-state index contributed by atoms with van der Waals surface area (Å²) in [6.45, 7) is 0. The molecule has 0 aromatic heterocycles. The Labute approximate surface area is 134 Å². The first kappa shape index (κ1) is 16.5. The van der Waals surface area contributed by atoms with Crippen LogP contribution in [0.25, 0.3) is 6.08 Å². The van der Waals surface area contributed by atoms with Crippen molar-refractivity contribution in [3.63, 3.8) is 0 Å². The molecular formula is C18H17FO4. The standard InChI is InChI=1S/C18H17FO4/c1-21-12-10-17(22-2)14(18(11-12)23-3)8-9-16(20)13-6-4-5-7-15(13)19/h4-11H,1-3H3/b9-8+. The van der Waals surface area contributed by atoms with Crippen LogP contribution in [0.15, 0.2) is 42.5 Å². The summed E-state index contributed by atoms with van der Waals surface area (Å²) in [6, 6.07) is 9.18. The number of hydrogen-bond donors (Lipinski definition) is 0. The molecule has 0 radical (unpaired) electrons. The molecule has 120 valence electrons. The van der Waals surface area contributed by atoms with Crippen molar-refractivity contribution in [3.8, 4) is 17.2 Å². The lowest BCUT2D eigenvalue weighted by Crippen LogP contribution is -1.99. The lowest BCUT2D eigenvalue weighted by Gasteiger charge is -2.12. The highest BCUT2D eigenvalue weighted by Gasteiger charge is 2.12. The monoisotopic (exact) mass is 316 g/mol. The smallest absolute Gasteiger partial charge is 0.188 e. The molecule has 0 aliphatic heterocycles. The first-order valence-electron chi connectivity index (χ1n) is 6.87. The van der Waals surface area contributed by atoms with Crippen LogP contribution in [-0.2, 0) is 0 Å². The van der Waals surface area contributed by atoms with Gasteiger partial charge in [-0.05, 0) is 24.3 Å². The number of carbonyl (C=O) groups is 1. The molecule has 0 aliphatic carbocycles. The SMILES string of the molecule is COc1cc(OC)c(/C=C/C(=O)c2ccccc2F)c(OC)c1. The lowest BCUT2D eigenvalue weighted by atomic mass is 10.1. The molecule has 0 saturated carbocycles. The molecule has 4 nitrogen and oxygen atoms in total. The summed E-state index contributed by atoms with van der Waals surface area (Å²) in [5.41, 5.74) is 0.579. The molecule has 0 N–H and O–H groups in total. The first-order chi connectivity index (χ1) is 11.1. The van der Waals surface area contributed by atoms with E-state index in [-0.39, 0.29) is 5.56 Å². The fourth-order valence-corrected chi connectivity index (χ4v) is 2.11. The second-order valence-corrected chi connectivity index (χ2v) is 4.62. The second kappa shape index (κ2) is 7.45. The minimum Gasteiger partial charge on any atom is -0.496 e. The fourth-order valence-electron chi connectivity index (χ4n) is 2.11. The number of methoxy groups -OCH3 is 3. The van der Waals surface area contributed by atoms with Gasteiger partial charge in [-0.15, -0.1) is 0 Å². The minimum absolute atomic E-state index is 0.00944. The third kappa shape index (κ3) is 3.69. The molecule has 0 saturated heterocycles. The summed E-state index contributed by atoms with van der Waals surface area (Å²) in [6.07, 6.45) is 2.82. The predicted octanol–water partition coefficient (Wildman–Crippen LogP) is 3.75. The van der Waals surface area contributed by atoms with Crippen LogP contribution in [0.5, 0.6) is 17.2 Å². The highest BCUT2D eigenvalue weighted by atomic mass is 19.1. The van der Waals surface area contributed by atoms with E-state index in [1.807, 2.05) is 0 Å². The van der Waals surface area contributed by atoms with Gasteiger partial charge in [-0.2, -0.15) is 0 Å². The summed E-state index contributed by atoms with van der Waals surface area (Å²) >= 11 is 0.